The van der Waals surface area contributed by atoms with Crippen molar-refractivity contribution in [3.8, 4) is 0 Å². The quantitative estimate of drug-likeness (QED) is 0.255. The molecule has 0 radical (unpaired) electrons. The van der Waals surface area contributed by atoms with E-state index in [0.717, 1.165) is 19.3 Å². The van der Waals surface area contributed by atoms with Gasteiger partial charge in [-0.15, -0.1) is 12.4 Å². The number of carbonyl (C=O) groups is 2. The SMILES string of the molecule is Cl.N=C(N=C(N)N)N1CCCCc2ccc(cc2)C1C(=O)O.NC(=O)c1nc(Cl)cnc1N. The number of fused-ring (bicyclic) bond motifs is 7. The van der Waals surface area contributed by atoms with Gasteiger partial charge in [-0.05, 0) is 30.4 Å². The minimum Gasteiger partial charge on any atom is -0.479 e. The third-order valence-corrected chi connectivity index (χ3v) is 4.65. The zero-order chi connectivity index (χ0) is 23.8. The second-order valence-corrected chi connectivity index (χ2v) is 7.17. The monoisotopic (exact) mass is 497 g/mol. The van der Waals surface area contributed by atoms with Crippen LogP contribution in [0, 0.1) is 5.41 Å². The summed E-state index contributed by atoms with van der Waals surface area (Å²) in [6.07, 6.45) is 3.85. The summed E-state index contributed by atoms with van der Waals surface area (Å²) in [4.78, 5) is 34.5. The van der Waals surface area contributed by atoms with Gasteiger partial charge in [0.05, 0.1) is 6.20 Å². The number of amides is 1. The van der Waals surface area contributed by atoms with Gasteiger partial charge in [0.15, 0.2) is 23.5 Å². The molecular weight excluding hydrogens is 473 g/mol. The number of benzene rings is 1. The Morgan fingerprint density at radius 1 is 1.18 bits per heavy atom. The maximum atomic E-state index is 11.7. The Morgan fingerprint density at radius 3 is 2.33 bits per heavy atom. The second-order valence-electron chi connectivity index (χ2n) is 6.78. The van der Waals surface area contributed by atoms with Gasteiger partial charge in [-0.2, -0.15) is 4.99 Å². The number of nitrogens with two attached hydrogens (primary N) is 4. The molecule has 0 saturated carbocycles. The van der Waals surface area contributed by atoms with Crippen molar-refractivity contribution in [1.82, 2.24) is 14.9 Å². The molecule has 2 aliphatic heterocycles. The van der Waals surface area contributed by atoms with Crippen LogP contribution in [0.5, 0.6) is 0 Å². The molecular formula is C19H25Cl2N9O3. The number of rotatable bonds is 2. The van der Waals surface area contributed by atoms with Crippen molar-refractivity contribution in [1.29, 1.82) is 5.41 Å². The van der Waals surface area contributed by atoms with Crippen LogP contribution in [-0.4, -0.2) is 50.3 Å². The first-order chi connectivity index (χ1) is 15.1. The molecule has 2 aromatic rings. The number of aliphatic carboxylic acids is 1. The topological polar surface area (TPSA) is 224 Å². The fraction of sp³-hybridized carbons (Fsp3) is 0.263. The molecule has 2 bridgehead atoms. The molecule has 178 valence electrons. The standard InChI is InChI=1S/C14H19N5O2.C5H5ClN4O.ClH/c15-13(16)18-14(17)19-8-2-1-3-9-4-6-10(7-5-9)11(19)12(20)21;6-2-1-9-4(7)3(10-2)5(8)11;/h4-7,11H,1-3,8H2,(H,20,21)(H5,15,16,17,18);1H,(H2,7,9)(H2,8,11);1H. The summed E-state index contributed by atoms with van der Waals surface area (Å²) >= 11 is 5.42. The van der Waals surface area contributed by atoms with Crippen LogP contribution in [-0.2, 0) is 11.2 Å². The lowest BCUT2D eigenvalue weighted by Crippen LogP contribution is -2.40. The number of anilines is 1. The van der Waals surface area contributed by atoms with Gasteiger partial charge in [-0.25, -0.2) is 14.8 Å². The van der Waals surface area contributed by atoms with Crippen LogP contribution in [0.1, 0.15) is 40.5 Å². The summed E-state index contributed by atoms with van der Waals surface area (Å²) < 4.78 is 0. The Balaban J connectivity index is 0.000000385. The summed E-state index contributed by atoms with van der Waals surface area (Å²) in [7, 11) is 0. The number of carboxylic acids is 1. The molecule has 3 heterocycles. The van der Waals surface area contributed by atoms with E-state index in [1.54, 1.807) is 12.1 Å². The van der Waals surface area contributed by atoms with Crippen LogP contribution in [0.15, 0.2) is 35.5 Å². The van der Waals surface area contributed by atoms with Crippen molar-refractivity contribution in [3.05, 3.63) is 52.4 Å². The minimum atomic E-state index is -1.03. The number of primary amides is 1. The lowest BCUT2D eigenvalue weighted by atomic mass is 9.99. The van der Waals surface area contributed by atoms with Crippen LogP contribution in [0.3, 0.4) is 0 Å². The lowest BCUT2D eigenvalue weighted by molar-refractivity contribution is -0.142. The van der Waals surface area contributed by atoms with E-state index in [4.69, 9.17) is 39.9 Å². The lowest BCUT2D eigenvalue weighted by Gasteiger charge is -2.30. The van der Waals surface area contributed by atoms with Crippen LogP contribution in [0.4, 0.5) is 5.82 Å². The van der Waals surface area contributed by atoms with Crippen LogP contribution >= 0.6 is 24.0 Å². The van der Waals surface area contributed by atoms with Gasteiger partial charge in [-0.1, -0.05) is 35.9 Å². The first-order valence-corrected chi connectivity index (χ1v) is 9.82. The molecule has 1 unspecified atom stereocenters. The molecule has 0 fully saturated rings. The first kappa shape index (κ1) is 27.4. The van der Waals surface area contributed by atoms with Crippen molar-refractivity contribution in [3.63, 3.8) is 0 Å². The maximum Gasteiger partial charge on any atom is 0.331 e. The van der Waals surface area contributed by atoms with Gasteiger partial charge in [0, 0.05) is 6.54 Å². The second kappa shape index (κ2) is 12.4. The van der Waals surface area contributed by atoms with E-state index in [1.807, 2.05) is 12.1 Å². The maximum absolute atomic E-state index is 11.7. The van der Waals surface area contributed by atoms with Gasteiger partial charge >= 0.3 is 5.97 Å². The van der Waals surface area contributed by atoms with Gasteiger partial charge in [0.2, 0.25) is 5.96 Å². The zero-order valence-corrected chi connectivity index (χ0v) is 19.0. The van der Waals surface area contributed by atoms with E-state index in [9.17, 15) is 14.7 Å². The molecule has 12 nitrogen and oxygen atoms in total. The highest BCUT2D eigenvalue weighted by Crippen LogP contribution is 2.25. The van der Waals surface area contributed by atoms with E-state index in [-0.39, 0.29) is 41.0 Å². The van der Waals surface area contributed by atoms with E-state index in [1.165, 1.54) is 16.7 Å². The fourth-order valence-corrected chi connectivity index (χ4v) is 3.17. The Hall–Kier alpha value is -3.64. The van der Waals surface area contributed by atoms with Crippen molar-refractivity contribution in [2.75, 3.05) is 12.3 Å². The Kier molecular flexibility index (Phi) is 10.3. The molecule has 10 N–H and O–H groups in total. The fourth-order valence-electron chi connectivity index (χ4n) is 3.04. The molecule has 1 atom stereocenters. The summed E-state index contributed by atoms with van der Waals surface area (Å²) in [5.74, 6) is -2.26. The highest BCUT2D eigenvalue weighted by atomic mass is 35.5. The number of aryl methyl sites for hydroxylation is 1. The number of aromatic nitrogens is 2. The smallest absolute Gasteiger partial charge is 0.331 e. The number of halogens is 2. The number of nitrogen functional groups attached to an aromatic ring is 1. The number of guanidine groups is 2. The number of carbonyl (C=O) groups excluding carboxylic acids is 1. The average Bonchev–Trinajstić information content (AvgIpc) is 2.73. The Morgan fingerprint density at radius 2 is 1.82 bits per heavy atom. The van der Waals surface area contributed by atoms with Gasteiger partial charge in [-0.3, -0.25) is 10.2 Å². The highest BCUT2D eigenvalue weighted by Gasteiger charge is 2.29. The highest BCUT2D eigenvalue weighted by molar-refractivity contribution is 6.29. The molecule has 4 rings (SSSR count). The summed E-state index contributed by atoms with van der Waals surface area (Å²) in [5.41, 5.74) is 22.5. The number of carboxylic acid groups (broad SMARTS) is 1. The van der Waals surface area contributed by atoms with Crippen molar-refractivity contribution in [2.45, 2.75) is 25.3 Å². The minimum absolute atomic E-state index is 0. The van der Waals surface area contributed by atoms with Gasteiger partial charge in [0.1, 0.15) is 5.15 Å². The number of hydrogen-bond donors (Lipinski definition) is 6. The van der Waals surface area contributed by atoms with Crippen LogP contribution in [0.25, 0.3) is 0 Å². The molecule has 0 saturated heterocycles. The molecule has 1 amide bonds. The molecule has 1 aromatic carbocycles. The summed E-state index contributed by atoms with van der Waals surface area (Å²) in [5, 5.41) is 17.6. The van der Waals surface area contributed by atoms with Gasteiger partial charge in [0.25, 0.3) is 5.91 Å². The number of nitrogens with zero attached hydrogens (tertiary/aromatic N) is 4. The number of hydrogen-bond acceptors (Lipinski definition) is 6. The van der Waals surface area contributed by atoms with E-state index >= 15 is 0 Å². The first-order valence-electron chi connectivity index (χ1n) is 9.44. The predicted octanol–water partition coefficient (Wildman–Crippen LogP) is 0.892. The molecule has 0 spiro atoms. The molecule has 14 heteroatoms. The molecule has 0 aliphatic carbocycles. The van der Waals surface area contributed by atoms with Crippen molar-refractivity contribution < 1.29 is 14.7 Å². The Bertz CT molecular complexity index is 1030. The summed E-state index contributed by atoms with van der Waals surface area (Å²) in [6, 6.07) is 6.47. The average molecular weight is 498 g/mol. The largest absolute Gasteiger partial charge is 0.479 e. The predicted molar refractivity (Wildman–Crippen MR) is 127 cm³/mol. The van der Waals surface area contributed by atoms with E-state index in [2.05, 4.69) is 15.0 Å². The van der Waals surface area contributed by atoms with Gasteiger partial charge < -0.3 is 32.9 Å². The molecule has 2 aliphatic rings. The molecule has 1 aromatic heterocycles. The zero-order valence-electron chi connectivity index (χ0n) is 17.4. The van der Waals surface area contributed by atoms with Crippen molar-refractivity contribution >= 4 is 53.6 Å². The third kappa shape index (κ3) is 7.77. The number of aliphatic imine (C=N–C) groups is 1. The van der Waals surface area contributed by atoms with Crippen LogP contribution < -0.4 is 22.9 Å². The van der Waals surface area contributed by atoms with E-state index < -0.39 is 17.9 Å². The third-order valence-electron chi connectivity index (χ3n) is 4.47. The van der Waals surface area contributed by atoms with E-state index in [0.29, 0.717) is 12.1 Å². The summed E-state index contributed by atoms with van der Waals surface area (Å²) in [6.45, 7) is 0.422. The van der Waals surface area contributed by atoms with Crippen molar-refractivity contribution in [2.24, 2.45) is 22.2 Å². The van der Waals surface area contributed by atoms with Crippen LogP contribution in [0.2, 0.25) is 5.15 Å². The molecule has 33 heavy (non-hydrogen) atoms. The Labute approximate surface area is 200 Å². The normalized spacial score (nSPS) is 14.7. The number of nitrogens with one attached hydrogen (secondary N) is 1.